The van der Waals surface area contributed by atoms with Crippen LogP contribution in [0.25, 0.3) is 0 Å². The van der Waals surface area contributed by atoms with Gasteiger partial charge in [-0.15, -0.1) is 0 Å². The monoisotopic (exact) mass is 258 g/mol. The van der Waals surface area contributed by atoms with Crippen LogP contribution < -0.4 is 11.1 Å². The third-order valence-corrected chi connectivity index (χ3v) is 4.52. The molecule has 0 aliphatic heterocycles. The minimum Gasteiger partial charge on any atom is -0.352 e. The van der Waals surface area contributed by atoms with Crippen molar-refractivity contribution in [1.29, 1.82) is 0 Å². The van der Waals surface area contributed by atoms with Gasteiger partial charge in [0.15, 0.2) is 0 Å². The second-order valence-electron chi connectivity index (χ2n) is 5.72. The van der Waals surface area contributed by atoms with Crippen LogP contribution in [-0.2, 0) is 4.79 Å². The molecule has 0 heterocycles. The van der Waals surface area contributed by atoms with Crippen LogP contribution in [0, 0.1) is 0 Å². The van der Waals surface area contributed by atoms with Crippen LogP contribution >= 0.6 is 11.8 Å². The van der Waals surface area contributed by atoms with Gasteiger partial charge in [0.1, 0.15) is 0 Å². The lowest BCUT2D eigenvalue weighted by molar-refractivity contribution is -0.122. The van der Waals surface area contributed by atoms with E-state index in [1.807, 2.05) is 25.6 Å². The van der Waals surface area contributed by atoms with Crippen LogP contribution in [0.1, 0.15) is 52.4 Å². The van der Waals surface area contributed by atoms with Gasteiger partial charge in [0.2, 0.25) is 5.91 Å². The molecule has 2 unspecified atom stereocenters. The van der Waals surface area contributed by atoms with Crippen molar-refractivity contribution in [1.82, 2.24) is 5.32 Å². The molecule has 1 aliphatic rings. The average molecular weight is 258 g/mol. The molecule has 4 heteroatoms. The molecule has 1 fully saturated rings. The number of carbonyl (C=O) groups is 1. The summed E-state index contributed by atoms with van der Waals surface area (Å²) < 4.78 is 0. The molecular weight excluding hydrogens is 232 g/mol. The molecule has 0 aromatic heterocycles. The summed E-state index contributed by atoms with van der Waals surface area (Å²) in [6, 6.07) is 0.368. The Kier molecular flexibility index (Phi) is 5.80. The molecular formula is C13H26N2OS. The zero-order valence-corrected chi connectivity index (χ0v) is 12.1. The predicted octanol–water partition coefficient (Wildman–Crippen LogP) is 2.29. The number of hydrogen-bond acceptors (Lipinski definition) is 3. The summed E-state index contributed by atoms with van der Waals surface area (Å²) in [5.41, 5.74) is 5.64. The SMILES string of the molecule is CSC1CCCCC1NC(=O)CCC(C)(C)N. The normalized spacial score (nSPS) is 25.6. The molecule has 1 aliphatic carbocycles. The Labute approximate surface area is 109 Å². The molecule has 17 heavy (non-hydrogen) atoms. The Morgan fingerprint density at radius 1 is 1.41 bits per heavy atom. The van der Waals surface area contributed by atoms with Crippen molar-refractivity contribution < 1.29 is 4.79 Å². The van der Waals surface area contributed by atoms with Crippen molar-refractivity contribution in [2.45, 2.75) is 69.2 Å². The lowest BCUT2D eigenvalue weighted by Crippen LogP contribution is -2.44. The van der Waals surface area contributed by atoms with Crippen LogP contribution in [0.3, 0.4) is 0 Å². The number of nitrogens with two attached hydrogens (primary N) is 1. The Hall–Kier alpha value is -0.220. The summed E-state index contributed by atoms with van der Waals surface area (Å²) in [7, 11) is 0. The van der Waals surface area contributed by atoms with E-state index in [0.29, 0.717) is 17.7 Å². The third-order valence-electron chi connectivity index (χ3n) is 3.35. The van der Waals surface area contributed by atoms with Gasteiger partial charge in [-0.2, -0.15) is 11.8 Å². The van der Waals surface area contributed by atoms with Gasteiger partial charge in [-0.25, -0.2) is 0 Å². The maximum absolute atomic E-state index is 11.8. The molecule has 0 spiro atoms. The molecule has 1 rings (SSSR count). The van der Waals surface area contributed by atoms with Gasteiger partial charge in [-0.1, -0.05) is 12.8 Å². The zero-order chi connectivity index (χ0) is 12.9. The van der Waals surface area contributed by atoms with E-state index in [-0.39, 0.29) is 11.4 Å². The molecule has 1 saturated carbocycles. The van der Waals surface area contributed by atoms with Crippen molar-refractivity contribution in [3.05, 3.63) is 0 Å². The number of thioether (sulfide) groups is 1. The van der Waals surface area contributed by atoms with Gasteiger partial charge < -0.3 is 11.1 Å². The van der Waals surface area contributed by atoms with E-state index in [2.05, 4.69) is 11.6 Å². The van der Waals surface area contributed by atoms with Crippen LogP contribution in [0.2, 0.25) is 0 Å². The highest BCUT2D eigenvalue weighted by Gasteiger charge is 2.25. The van der Waals surface area contributed by atoms with Crippen molar-refractivity contribution >= 4 is 17.7 Å². The Morgan fingerprint density at radius 2 is 2.06 bits per heavy atom. The molecule has 0 radical (unpaired) electrons. The van der Waals surface area contributed by atoms with Crippen molar-refractivity contribution in [3.8, 4) is 0 Å². The van der Waals surface area contributed by atoms with Crippen LogP contribution in [0.4, 0.5) is 0 Å². The molecule has 3 nitrogen and oxygen atoms in total. The first kappa shape index (κ1) is 14.8. The lowest BCUT2D eigenvalue weighted by Gasteiger charge is -2.31. The van der Waals surface area contributed by atoms with E-state index < -0.39 is 0 Å². The van der Waals surface area contributed by atoms with Gasteiger partial charge in [-0.3, -0.25) is 4.79 Å². The average Bonchev–Trinajstić information content (AvgIpc) is 2.26. The number of hydrogen-bond donors (Lipinski definition) is 2. The van der Waals surface area contributed by atoms with E-state index in [1.54, 1.807) is 0 Å². The van der Waals surface area contributed by atoms with Gasteiger partial charge in [0.25, 0.3) is 0 Å². The second kappa shape index (κ2) is 6.64. The van der Waals surface area contributed by atoms with Gasteiger partial charge >= 0.3 is 0 Å². The minimum absolute atomic E-state index is 0.162. The third kappa shape index (κ3) is 5.77. The van der Waals surface area contributed by atoms with Crippen LogP contribution in [0.5, 0.6) is 0 Å². The molecule has 100 valence electrons. The van der Waals surface area contributed by atoms with E-state index >= 15 is 0 Å². The maximum atomic E-state index is 11.8. The molecule has 2 atom stereocenters. The largest absolute Gasteiger partial charge is 0.352 e. The fourth-order valence-corrected chi connectivity index (χ4v) is 3.19. The highest BCUT2D eigenvalue weighted by Crippen LogP contribution is 2.27. The molecule has 0 saturated heterocycles. The second-order valence-corrected chi connectivity index (χ2v) is 6.80. The highest BCUT2D eigenvalue weighted by molar-refractivity contribution is 7.99. The minimum atomic E-state index is -0.247. The van der Waals surface area contributed by atoms with E-state index in [9.17, 15) is 4.79 Å². The molecule has 0 aromatic carbocycles. The summed E-state index contributed by atoms with van der Waals surface area (Å²) >= 11 is 1.88. The summed E-state index contributed by atoms with van der Waals surface area (Å²) in [6.45, 7) is 3.93. The standard InChI is InChI=1S/C13H26N2OS/c1-13(2,14)9-8-12(16)15-10-6-4-5-7-11(10)17-3/h10-11H,4-9,14H2,1-3H3,(H,15,16). The van der Waals surface area contributed by atoms with Crippen LogP contribution in [-0.4, -0.2) is 29.0 Å². The highest BCUT2D eigenvalue weighted by atomic mass is 32.2. The molecule has 3 N–H and O–H groups in total. The van der Waals surface area contributed by atoms with Crippen molar-refractivity contribution in [2.75, 3.05) is 6.26 Å². The Morgan fingerprint density at radius 3 is 2.65 bits per heavy atom. The van der Waals surface area contributed by atoms with Gasteiger partial charge in [0.05, 0.1) is 0 Å². The summed E-state index contributed by atoms with van der Waals surface area (Å²) in [6.07, 6.45) is 8.32. The lowest BCUT2D eigenvalue weighted by atomic mass is 9.94. The maximum Gasteiger partial charge on any atom is 0.220 e. The van der Waals surface area contributed by atoms with E-state index in [1.165, 1.54) is 19.3 Å². The fourth-order valence-electron chi connectivity index (χ4n) is 2.26. The predicted molar refractivity (Wildman–Crippen MR) is 75.2 cm³/mol. The van der Waals surface area contributed by atoms with Gasteiger partial charge in [-0.05, 0) is 39.4 Å². The zero-order valence-electron chi connectivity index (χ0n) is 11.3. The van der Waals surface area contributed by atoms with Crippen LogP contribution in [0.15, 0.2) is 0 Å². The van der Waals surface area contributed by atoms with E-state index in [4.69, 9.17) is 5.73 Å². The van der Waals surface area contributed by atoms with Crippen molar-refractivity contribution in [2.24, 2.45) is 5.73 Å². The fraction of sp³-hybridized carbons (Fsp3) is 0.923. The van der Waals surface area contributed by atoms with Gasteiger partial charge in [0, 0.05) is 23.3 Å². The number of rotatable bonds is 5. The summed E-state index contributed by atoms with van der Waals surface area (Å²) in [5.74, 6) is 0.162. The molecule has 0 aromatic rings. The summed E-state index contributed by atoms with van der Waals surface area (Å²) in [4.78, 5) is 11.8. The van der Waals surface area contributed by atoms with Crippen molar-refractivity contribution in [3.63, 3.8) is 0 Å². The Balaban J connectivity index is 2.33. The molecule has 1 amide bonds. The molecule has 0 bridgehead atoms. The number of nitrogens with one attached hydrogen (secondary N) is 1. The summed E-state index contributed by atoms with van der Waals surface area (Å²) in [5, 5.41) is 3.77. The number of amides is 1. The quantitative estimate of drug-likeness (QED) is 0.795. The number of carbonyl (C=O) groups excluding carboxylic acids is 1. The Bertz CT molecular complexity index is 250. The van der Waals surface area contributed by atoms with E-state index in [0.717, 1.165) is 12.8 Å². The first-order valence-electron chi connectivity index (χ1n) is 6.53. The first-order valence-corrected chi connectivity index (χ1v) is 7.82. The smallest absolute Gasteiger partial charge is 0.220 e. The first-order chi connectivity index (χ1) is 7.92. The topological polar surface area (TPSA) is 55.1 Å².